The van der Waals surface area contributed by atoms with E-state index in [1.54, 1.807) is 12.1 Å². The number of hydrogen-bond donors (Lipinski definition) is 6. The average molecular weight is 802 g/mol. The van der Waals surface area contributed by atoms with E-state index >= 15 is 0 Å². The number of carboxylic acid groups (broad SMARTS) is 2. The molecular formula is C39H43Cl3N4O8. The Morgan fingerprint density at radius 3 is 1.50 bits per heavy atom. The van der Waals surface area contributed by atoms with Crippen molar-refractivity contribution >= 4 is 81.3 Å². The van der Waals surface area contributed by atoms with Gasteiger partial charge in [-0.05, 0) is 117 Å². The first-order chi connectivity index (χ1) is 25.6. The van der Waals surface area contributed by atoms with Gasteiger partial charge in [-0.1, -0.05) is 40.9 Å². The number of ether oxygens (including phenoxy) is 2. The maximum Gasteiger partial charge on any atom is 0.312 e. The van der Waals surface area contributed by atoms with Crippen LogP contribution >= 0.6 is 34.8 Å². The molecule has 0 atom stereocenters. The maximum absolute atomic E-state index is 11.6. The summed E-state index contributed by atoms with van der Waals surface area (Å²) in [7, 11) is 0. The highest BCUT2D eigenvalue weighted by Gasteiger charge is 2.15. The first-order valence-electron chi connectivity index (χ1n) is 16.8. The maximum atomic E-state index is 11.6. The Morgan fingerprint density at radius 1 is 0.574 bits per heavy atom. The van der Waals surface area contributed by atoms with Crippen LogP contribution in [-0.2, 0) is 32.4 Å². The molecule has 0 unspecified atom stereocenters. The summed E-state index contributed by atoms with van der Waals surface area (Å²) in [5, 5.41) is 29.9. The summed E-state index contributed by atoms with van der Waals surface area (Å²) in [4.78, 5) is 44.3. The first kappa shape index (κ1) is 43.2. The van der Waals surface area contributed by atoms with Crippen molar-refractivity contribution in [3.63, 3.8) is 0 Å². The van der Waals surface area contributed by atoms with Crippen molar-refractivity contribution in [2.24, 2.45) is 0 Å². The summed E-state index contributed by atoms with van der Waals surface area (Å²) in [6, 6.07) is 18.2. The second kappa shape index (κ2) is 20.9. The van der Waals surface area contributed by atoms with Gasteiger partial charge in [-0.25, -0.2) is 0 Å². The Bertz CT molecular complexity index is 1800. The van der Waals surface area contributed by atoms with E-state index in [0.29, 0.717) is 28.8 Å². The molecule has 4 aromatic rings. The topological polar surface area (TPSA) is 175 Å². The van der Waals surface area contributed by atoms with Crippen molar-refractivity contribution in [2.75, 3.05) is 34.4 Å². The number of rotatable bonds is 16. The quantitative estimate of drug-likeness (QED) is 0.0600. The lowest BCUT2D eigenvalue weighted by atomic mass is 10.1. The molecule has 0 aliphatic carbocycles. The number of carbonyl (C=O) groups excluding carboxylic acids is 2. The predicted octanol–water partition coefficient (Wildman–Crippen LogP) is 9.11. The van der Waals surface area contributed by atoms with Crippen LogP contribution in [0.5, 0.6) is 11.5 Å². The molecule has 54 heavy (non-hydrogen) atoms. The van der Waals surface area contributed by atoms with Gasteiger partial charge < -0.3 is 41.0 Å². The third kappa shape index (κ3) is 14.3. The van der Waals surface area contributed by atoms with Crippen molar-refractivity contribution < 1.29 is 38.9 Å². The van der Waals surface area contributed by atoms with Crippen molar-refractivity contribution in [2.45, 2.75) is 60.7 Å². The molecule has 0 spiro atoms. The van der Waals surface area contributed by atoms with Crippen LogP contribution in [-0.4, -0.2) is 47.1 Å². The molecule has 0 saturated carbocycles. The number of hydrogen-bond acceptors (Lipinski definition) is 8. The summed E-state index contributed by atoms with van der Waals surface area (Å²) >= 11 is 18.6. The minimum absolute atomic E-state index is 0.215. The Labute approximate surface area is 329 Å². The Balaban J connectivity index is 0.000000290. The third-order valence-corrected chi connectivity index (χ3v) is 8.05. The SMILES string of the molecule is CCNc1cc(C)cc(COc2c(Cl)cc(NC(=O)CC(=O)O)cc2Cl)c1.CCNc1cc(Cl)cc(COc2c(C)cc(NC(=O)CC(=O)O)cc2C)c1. The van der Waals surface area contributed by atoms with E-state index in [9.17, 15) is 19.2 Å². The highest BCUT2D eigenvalue weighted by molar-refractivity contribution is 6.37. The van der Waals surface area contributed by atoms with Gasteiger partial charge in [-0.3, -0.25) is 19.2 Å². The summed E-state index contributed by atoms with van der Waals surface area (Å²) < 4.78 is 11.7. The lowest BCUT2D eigenvalue weighted by molar-refractivity contribution is -0.141. The number of aliphatic carboxylic acids is 2. The van der Waals surface area contributed by atoms with Gasteiger partial charge >= 0.3 is 11.9 Å². The predicted molar refractivity (Wildman–Crippen MR) is 214 cm³/mol. The van der Waals surface area contributed by atoms with E-state index < -0.39 is 36.6 Å². The lowest BCUT2D eigenvalue weighted by Gasteiger charge is -2.15. The van der Waals surface area contributed by atoms with Gasteiger partial charge in [0.05, 0.1) is 10.0 Å². The van der Waals surface area contributed by atoms with Crippen LogP contribution in [0.15, 0.2) is 60.7 Å². The van der Waals surface area contributed by atoms with E-state index in [-0.39, 0.29) is 16.7 Å². The zero-order valence-corrected chi connectivity index (χ0v) is 32.8. The van der Waals surface area contributed by atoms with Crippen LogP contribution in [0.2, 0.25) is 15.1 Å². The van der Waals surface area contributed by atoms with Crippen LogP contribution in [0.25, 0.3) is 0 Å². The molecule has 0 saturated heterocycles. The fraction of sp³-hybridized carbons (Fsp3) is 0.282. The summed E-state index contributed by atoms with van der Waals surface area (Å²) in [6.07, 6.45) is -1.21. The molecule has 288 valence electrons. The fourth-order valence-electron chi connectivity index (χ4n) is 5.31. The van der Waals surface area contributed by atoms with E-state index in [1.165, 1.54) is 12.1 Å². The number of carbonyl (C=O) groups is 4. The minimum Gasteiger partial charge on any atom is -0.488 e. The number of nitrogens with one attached hydrogen (secondary N) is 4. The molecule has 0 aromatic heterocycles. The van der Waals surface area contributed by atoms with Crippen molar-refractivity contribution in [1.29, 1.82) is 0 Å². The highest BCUT2D eigenvalue weighted by atomic mass is 35.5. The molecule has 12 nitrogen and oxygen atoms in total. The van der Waals surface area contributed by atoms with Gasteiger partial charge in [-0.2, -0.15) is 0 Å². The molecule has 0 radical (unpaired) electrons. The van der Waals surface area contributed by atoms with Gasteiger partial charge in [0.25, 0.3) is 0 Å². The molecule has 2 amide bonds. The van der Waals surface area contributed by atoms with Gasteiger partial charge in [0, 0.05) is 40.9 Å². The minimum atomic E-state index is -1.22. The zero-order valence-electron chi connectivity index (χ0n) is 30.5. The molecule has 4 rings (SSSR count). The van der Waals surface area contributed by atoms with E-state index in [4.69, 9.17) is 54.5 Å². The standard InChI is InChI=1S/C20H23ClN2O4.C19H20Cl2N2O4/c1-4-22-16-8-14(7-15(21)9-16)11-27-20-12(2)5-17(6-13(20)3)23-18(24)10-19(25)26;1-3-22-13-5-11(2)4-12(6-13)10-27-19-15(20)7-14(8-16(19)21)23-17(24)9-18(25)26/h5-9,22H,4,10-11H2,1-3H3,(H,23,24)(H,25,26);4-8,22H,3,9-10H2,1-2H3,(H,23,24)(H,25,26). The summed E-state index contributed by atoms with van der Waals surface area (Å²) in [6.45, 7) is 12.0. The van der Waals surface area contributed by atoms with Crippen molar-refractivity contribution in [1.82, 2.24) is 0 Å². The van der Waals surface area contributed by atoms with Crippen LogP contribution < -0.4 is 30.7 Å². The number of halogens is 3. The van der Waals surface area contributed by atoms with Crippen molar-refractivity contribution in [3.8, 4) is 11.5 Å². The largest absolute Gasteiger partial charge is 0.488 e. The van der Waals surface area contributed by atoms with Gasteiger partial charge in [0.2, 0.25) is 11.8 Å². The molecule has 0 heterocycles. The number of carboxylic acids is 2. The second-order valence-corrected chi connectivity index (χ2v) is 13.4. The van der Waals surface area contributed by atoms with E-state index in [0.717, 1.165) is 58.0 Å². The highest BCUT2D eigenvalue weighted by Crippen LogP contribution is 2.37. The number of aryl methyl sites for hydroxylation is 3. The molecule has 15 heteroatoms. The first-order valence-corrected chi connectivity index (χ1v) is 18.0. The zero-order chi connectivity index (χ0) is 39.9. The Hall–Kier alpha value is -5.17. The van der Waals surface area contributed by atoms with Crippen LogP contribution in [0.4, 0.5) is 22.7 Å². The number of anilines is 4. The smallest absolute Gasteiger partial charge is 0.312 e. The summed E-state index contributed by atoms with van der Waals surface area (Å²) in [5.74, 6) is -2.61. The Morgan fingerprint density at radius 2 is 1.02 bits per heavy atom. The van der Waals surface area contributed by atoms with Gasteiger partial charge in [0.15, 0.2) is 5.75 Å². The molecule has 0 fully saturated rings. The molecule has 6 N–H and O–H groups in total. The number of amides is 2. The van der Waals surface area contributed by atoms with Crippen LogP contribution in [0, 0.1) is 20.8 Å². The van der Waals surface area contributed by atoms with Gasteiger partial charge in [0.1, 0.15) is 31.8 Å². The number of benzene rings is 4. The third-order valence-electron chi connectivity index (χ3n) is 7.27. The van der Waals surface area contributed by atoms with Crippen LogP contribution in [0.1, 0.15) is 54.5 Å². The molecule has 0 bridgehead atoms. The molecule has 0 aliphatic rings. The summed E-state index contributed by atoms with van der Waals surface area (Å²) in [5.41, 5.74) is 7.46. The van der Waals surface area contributed by atoms with Gasteiger partial charge in [-0.15, -0.1) is 0 Å². The van der Waals surface area contributed by atoms with Crippen LogP contribution in [0.3, 0.4) is 0 Å². The average Bonchev–Trinajstić information content (AvgIpc) is 3.03. The van der Waals surface area contributed by atoms with Crippen molar-refractivity contribution in [3.05, 3.63) is 104 Å². The van der Waals surface area contributed by atoms with E-state index in [1.807, 2.05) is 71.0 Å². The fourth-order valence-corrected chi connectivity index (χ4v) is 6.16. The molecular weight excluding hydrogens is 759 g/mol. The van der Waals surface area contributed by atoms with E-state index in [2.05, 4.69) is 21.3 Å². The molecule has 0 aliphatic heterocycles. The second-order valence-electron chi connectivity index (χ2n) is 12.1. The Kier molecular flexibility index (Phi) is 16.7. The molecule has 4 aromatic carbocycles. The monoisotopic (exact) mass is 800 g/mol. The lowest BCUT2D eigenvalue weighted by Crippen LogP contribution is -2.16. The normalized spacial score (nSPS) is 10.4.